The van der Waals surface area contributed by atoms with E-state index in [-0.39, 0.29) is 5.56 Å². The van der Waals surface area contributed by atoms with Crippen molar-refractivity contribution in [1.82, 2.24) is 5.32 Å². The summed E-state index contributed by atoms with van der Waals surface area (Å²) in [5, 5.41) is 13.2. The third-order valence-electron chi connectivity index (χ3n) is 2.26. The smallest absolute Gasteiger partial charge is 0.129 e. The molecule has 0 bridgehead atoms. The molecule has 0 amide bonds. The van der Waals surface area contributed by atoms with Crippen LogP contribution in [0.2, 0.25) is 5.02 Å². The van der Waals surface area contributed by atoms with Crippen LogP contribution >= 0.6 is 11.6 Å². The van der Waals surface area contributed by atoms with Gasteiger partial charge in [0, 0.05) is 23.7 Å². The van der Waals surface area contributed by atoms with Crippen LogP contribution in [0.25, 0.3) is 0 Å². The van der Waals surface area contributed by atoms with E-state index in [9.17, 15) is 9.50 Å². The second kappa shape index (κ2) is 2.94. The molecule has 1 saturated heterocycles. The van der Waals surface area contributed by atoms with Gasteiger partial charge in [0.25, 0.3) is 0 Å². The number of aliphatic hydroxyl groups is 1. The van der Waals surface area contributed by atoms with E-state index in [4.69, 9.17) is 11.6 Å². The van der Waals surface area contributed by atoms with Crippen molar-refractivity contribution in [3.63, 3.8) is 0 Å². The molecule has 0 atom stereocenters. The molecule has 1 aromatic carbocycles. The molecule has 4 heteroatoms. The lowest BCUT2D eigenvalue weighted by Gasteiger charge is -2.38. The second-order valence-electron chi connectivity index (χ2n) is 3.26. The van der Waals surface area contributed by atoms with Gasteiger partial charge in [-0.05, 0) is 18.2 Å². The van der Waals surface area contributed by atoms with Crippen LogP contribution in [0.4, 0.5) is 4.39 Å². The van der Waals surface area contributed by atoms with E-state index in [2.05, 4.69) is 5.32 Å². The highest BCUT2D eigenvalue weighted by Gasteiger charge is 2.38. The maximum atomic E-state index is 13.2. The van der Waals surface area contributed by atoms with Crippen LogP contribution in [-0.4, -0.2) is 18.2 Å². The highest BCUT2D eigenvalue weighted by atomic mass is 35.5. The first-order chi connectivity index (χ1) is 6.12. The van der Waals surface area contributed by atoms with Crippen molar-refractivity contribution in [1.29, 1.82) is 0 Å². The number of nitrogens with one attached hydrogen (secondary N) is 1. The van der Waals surface area contributed by atoms with E-state index >= 15 is 0 Å². The predicted octanol–water partition coefficient (Wildman–Crippen LogP) is 1.27. The van der Waals surface area contributed by atoms with Crippen LogP contribution < -0.4 is 5.32 Å². The Kier molecular flexibility index (Phi) is 2.02. The topological polar surface area (TPSA) is 32.3 Å². The third kappa shape index (κ3) is 1.43. The maximum absolute atomic E-state index is 13.2. The maximum Gasteiger partial charge on any atom is 0.129 e. The first-order valence-electron chi connectivity index (χ1n) is 4.00. The van der Waals surface area contributed by atoms with E-state index < -0.39 is 11.4 Å². The van der Waals surface area contributed by atoms with E-state index in [1.54, 1.807) is 0 Å². The Morgan fingerprint density at radius 1 is 1.46 bits per heavy atom. The molecule has 1 fully saturated rings. The highest BCUT2D eigenvalue weighted by Crippen LogP contribution is 2.29. The Morgan fingerprint density at radius 2 is 2.15 bits per heavy atom. The molecule has 1 aromatic rings. The van der Waals surface area contributed by atoms with Crippen LogP contribution in [-0.2, 0) is 5.60 Å². The van der Waals surface area contributed by atoms with Gasteiger partial charge in [0.2, 0.25) is 0 Å². The highest BCUT2D eigenvalue weighted by molar-refractivity contribution is 6.30. The number of hydrogen-bond acceptors (Lipinski definition) is 2. The molecule has 2 N–H and O–H groups in total. The van der Waals surface area contributed by atoms with Crippen molar-refractivity contribution in [2.24, 2.45) is 0 Å². The fraction of sp³-hybridized carbons (Fsp3) is 0.333. The Bertz CT molecular complexity index is 338. The molecule has 70 valence electrons. The Balaban J connectivity index is 2.43. The number of halogens is 2. The summed E-state index contributed by atoms with van der Waals surface area (Å²) in [5.41, 5.74) is -0.798. The lowest BCUT2D eigenvalue weighted by molar-refractivity contribution is -0.0176. The van der Waals surface area contributed by atoms with Gasteiger partial charge in [-0.15, -0.1) is 0 Å². The summed E-state index contributed by atoms with van der Waals surface area (Å²) in [4.78, 5) is 0. The minimum atomic E-state index is -1.07. The van der Waals surface area contributed by atoms with E-state index in [1.165, 1.54) is 18.2 Å². The molecular weight excluding hydrogens is 193 g/mol. The zero-order valence-electron chi connectivity index (χ0n) is 6.85. The number of β-amino-alcohol motifs (C(OH)–C–C–N with tert-alkyl or cyclic N) is 1. The largest absolute Gasteiger partial charge is 0.382 e. The number of benzene rings is 1. The van der Waals surface area contributed by atoms with Gasteiger partial charge in [-0.25, -0.2) is 4.39 Å². The molecule has 0 spiro atoms. The van der Waals surface area contributed by atoms with Gasteiger partial charge in [0.15, 0.2) is 0 Å². The van der Waals surface area contributed by atoms with Gasteiger partial charge < -0.3 is 10.4 Å². The van der Waals surface area contributed by atoms with Gasteiger partial charge in [0.1, 0.15) is 11.4 Å². The van der Waals surface area contributed by atoms with Crippen LogP contribution in [0.15, 0.2) is 18.2 Å². The van der Waals surface area contributed by atoms with Crippen LogP contribution in [0.5, 0.6) is 0 Å². The fourth-order valence-electron chi connectivity index (χ4n) is 1.41. The minimum Gasteiger partial charge on any atom is -0.382 e. The quantitative estimate of drug-likeness (QED) is 0.717. The average molecular weight is 202 g/mol. The summed E-state index contributed by atoms with van der Waals surface area (Å²) < 4.78 is 13.2. The summed E-state index contributed by atoms with van der Waals surface area (Å²) in [6, 6.07) is 4.21. The first kappa shape index (κ1) is 8.94. The SMILES string of the molecule is OC1(c2cc(Cl)ccc2F)CNC1. The van der Waals surface area contributed by atoms with Gasteiger partial charge >= 0.3 is 0 Å². The number of rotatable bonds is 1. The van der Waals surface area contributed by atoms with E-state index in [0.29, 0.717) is 18.1 Å². The molecule has 0 unspecified atom stereocenters. The summed E-state index contributed by atoms with van der Waals surface area (Å²) in [5.74, 6) is -0.409. The van der Waals surface area contributed by atoms with Crippen molar-refractivity contribution in [2.75, 3.05) is 13.1 Å². The third-order valence-corrected chi connectivity index (χ3v) is 2.50. The molecule has 2 nitrogen and oxygen atoms in total. The second-order valence-corrected chi connectivity index (χ2v) is 3.70. The normalized spacial score (nSPS) is 19.6. The first-order valence-corrected chi connectivity index (χ1v) is 4.38. The Hall–Kier alpha value is -0.640. The lowest BCUT2D eigenvalue weighted by Crippen LogP contribution is -2.57. The van der Waals surface area contributed by atoms with Crippen molar-refractivity contribution in [2.45, 2.75) is 5.60 Å². The molecule has 2 rings (SSSR count). The minimum absolute atomic E-state index is 0.277. The summed E-state index contributed by atoms with van der Waals surface area (Å²) in [6.07, 6.45) is 0. The average Bonchev–Trinajstić information content (AvgIpc) is 2.05. The van der Waals surface area contributed by atoms with E-state index in [1.807, 2.05) is 0 Å². The number of hydrogen-bond donors (Lipinski definition) is 2. The van der Waals surface area contributed by atoms with Gasteiger partial charge in [-0.2, -0.15) is 0 Å². The molecule has 13 heavy (non-hydrogen) atoms. The van der Waals surface area contributed by atoms with Crippen LogP contribution in [0.1, 0.15) is 5.56 Å². The summed E-state index contributed by atoms with van der Waals surface area (Å²) in [6.45, 7) is 0.758. The Morgan fingerprint density at radius 3 is 2.69 bits per heavy atom. The van der Waals surface area contributed by atoms with Crippen molar-refractivity contribution >= 4 is 11.6 Å². The summed E-state index contributed by atoms with van der Waals surface area (Å²) in [7, 11) is 0. The van der Waals surface area contributed by atoms with Crippen molar-refractivity contribution in [3.8, 4) is 0 Å². The fourth-order valence-corrected chi connectivity index (χ4v) is 1.58. The van der Waals surface area contributed by atoms with Crippen molar-refractivity contribution in [3.05, 3.63) is 34.6 Å². The molecule has 1 aliphatic rings. The van der Waals surface area contributed by atoms with E-state index in [0.717, 1.165) is 0 Å². The monoisotopic (exact) mass is 201 g/mol. The summed E-state index contributed by atoms with van der Waals surface area (Å²) >= 11 is 5.71. The zero-order chi connectivity index (χ0) is 9.47. The molecule has 1 heterocycles. The van der Waals surface area contributed by atoms with Crippen LogP contribution in [0, 0.1) is 5.82 Å². The molecule has 0 aliphatic carbocycles. The standard InChI is InChI=1S/C9H9ClFNO/c10-6-1-2-8(11)7(3-6)9(13)4-12-5-9/h1-3,12-13H,4-5H2. The van der Waals surface area contributed by atoms with Crippen molar-refractivity contribution < 1.29 is 9.50 Å². The molecule has 1 aliphatic heterocycles. The lowest BCUT2D eigenvalue weighted by atomic mass is 9.88. The van der Waals surface area contributed by atoms with Gasteiger partial charge in [-0.3, -0.25) is 0 Å². The van der Waals surface area contributed by atoms with Gasteiger partial charge in [-0.1, -0.05) is 11.6 Å². The molecule has 0 radical (unpaired) electrons. The van der Waals surface area contributed by atoms with Gasteiger partial charge in [0.05, 0.1) is 0 Å². The Labute approximate surface area is 80.3 Å². The molecular formula is C9H9ClFNO. The molecule has 0 aromatic heterocycles. The molecule has 0 saturated carbocycles. The zero-order valence-corrected chi connectivity index (χ0v) is 7.61. The van der Waals surface area contributed by atoms with Crippen LogP contribution in [0.3, 0.4) is 0 Å². The predicted molar refractivity (Wildman–Crippen MR) is 48.2 cm³/mol.